The van der Waals surface area contributed by atoms with Crippen LogP contribution in [0.25, 0.3) is 0 Å². The second kappa shape index (κ2) is 4.96. The average Bonchev–Trinajstić information content (AvgIpc) is 3.10. The SMILES string of the molecule is O=C(O)[C@H]1[C@H](C(=O)OC[C@H]2CCCO2)[C@H]2C=C[C@H]1C2. The summed E-state index contributed by atoms with van der Waals surface area (Å²) in [5.74, 6) is -2.39. The van der Waals surface area contributed by atoms with Gasteiger partial charge in [0.15, 0.2) is 0 Å². The first-order valence-electron chi connectivity index (χ1n) is 6.86. The van der Waals surface area contributed by atoms with E-state index in [-0.39, 0.29) is 30.5 Å². The molecular formula is C14H18O5. The van der Waals surface area contributed by atoms with Crippen molar-refractivity contribution in [1.29, 1.82) is 0 Å². The Balaban J connectivity index is 1.62. The van der Waals surface area contributed by atoms with Crippen molar-refractivity contribution in [2.24, 2.45) is 23.7 Å². The van der Waals surface area contributed by atoms with Crippen LogP contribution in [0.3, 0.4) is 0 Å². The first-order valence-corrected chi connectivity index (χ1v) is 6.86. The van der Waals surface area contributed by atoms with E-state index in [2.05, 4.69) is 0 Å². The first kappa shape index (κ1) is 12.7. The Kier molecular flexibility index (Phi) is 3.31. The van der Waals surface area contributed by atoms with Gasteiger partial charge < -0.3 is 14.6 Å². The number of esters is 1. The van der Waals surface area contributed by atoms with Crippen molar-refractivity contribution in [3.8, 4) is 0 Å². The first-order chi connectivity index (χ1) is 9.16. The summed E-state index contributed by atoms with van der Waals surface area (Å²) in [5, 5.41) is 9.27. The zero-order valence-corrected chi connectivity index (χ0v) is 10.7. The molecule has 2 bridgehead atoms. The van der Waals surface area contributed by atoms with Crippen LogP contribution in [0, 0.1) is 23.7 Å². The van der Waals surface area contributed by atoms with Crippen LogP contribution in [-0.4, -0.2) is 36.4 Å². The highest BCUT2D eigenvalue weighted by molar-refractivity contribution is 5.83. The smallest absolute Gasteiger partial charge is 0.310 e. The van der Waals surface area contributed by atoms with Gasteiger partial charge in [-0.3, -0.25) is 9.59 Å². The van der Waals surface area contributed by atoms with Crippen molar-refractivity contribution in [1.82, 2.24) is 0 Å². The third-order valence-electron chi connectivity index (χ3n) is 4.45. The van der Waals surface area contributed by atoms with E-state index in [4.69, 9.17) is 9.47 Å². The predicted molar refractivity (Wildman–Crippen MR) is 65.3 cm³/mol. The Morgan fingerprint density at radius 1 is 1.26 bits per heavy atom. The number of carboxylic acids is 1. The topological polar surface area (TPSA) is 72.8 Å². The van der Waals surface area contributed by atoms with Crippen LogP contribution in [0.5, 0.6) is 0 Å². The van der Waals surface area contributed by atoms with Crippen molar-refractivity contribution in [3.63, 3.8) is 0 Å². The Hall–Kier alpha value is -1.36. The summed E-state index contributed by atoms with van der Waals surface area (Å²) in [6.07, 6.45) is 6.54. The number of rotatable bonds is 4. The third kappa shape index (κ3) is 2.27. The molecule has 1 saturated heterocycles. The third-order valence-corrected chi connectivity index (χ3v) is 4.45. The van der Waals surface area contributed by atoms with E-state index in [1.807, 2.05) is 12.2 Å². The fourth-order valence-electron chi connectivity index (χ4n) is 3.53. The van der Waals surface area contributed by atoms with Gasteiger partial charge >= 0.3 is 11.9 Å². The van der Waals surface area contributed by atoms with E-state index in [1.54, 1.807) is 0 Å². The van der Waals surface area contributed by atoms with Crippen molar-refractivity contribution < 1.29 is 24.2 Å². The Morgan fingerprint density at radius 3 is 2.63 bits per heavy atom. The minimum absolute atomic E-state index is 0.0113. The van der Waals surface area contributed by atoms with Gasteiger partial charge in [0.1, 0.15) is 6.61 Å². The van der Waals surface area contributed by atoms with Crippen molar-refractivity contribution in [3.05, 3.63) is 12.2 Å². The van der Waals surface area contributed by atoms with E-state index in [0.717, 1.165) is 25.9 Å². The summed E-state index contributed by atoms with van der Waals surface area (Å²) < 4.78 is 10.7. The van der Waals surface area contributed by atoms with Gasteiger partial charge in [0, 0.05) is 6.61 Å². The molecule has 19 heavy (non-hydrogen) atoms. The monoisotopic (exact) mass is 266 g/mol. The molecule has 3 aliphatic rings. The summed E-state index contributed by atoms with van der Waals surface area (Å²) >= 11 is 0. The number of carboxylic acid groups (broad SMARTS) is 1. The summed E-state index contributed by atoms with van der Waals surface area (Å²) in [4.78, 5) is 23.4. The molecule has 0 aromatic heterocycles. The zero-order chi connectivity index (χ0) is 13.4. The van der Waals surface area contributed by atoms with Gasteiger partial charge in [-0.1, -0.05) is 12.2 Å². The van der Waals surface area contributed by atoms with E-state index in [1.165, 1.54) is 0 Å². The molecule has 1 saturated carbocycles. The van der Waals surface area contributed by atoms with E-state index >= 15 is 0 Å². The Labute approximate surface area is 111 Å². The summed E-state index contributed by atoms with van der Waals surface area (Å²) in [6.45, 7) is 0.972. The van der Waals surface area contributed by atoms with Crippen molar-refractivity contribution in [2.75, 3.05) is 13.2 Å². The van der Waals surface area contributed by atoms with Crippen LogP contribution in [0.1, 0.15) is 19.3 Å². The molecule has 1 heterocycles. The number of hydrogen-bond acceptors (Lipinski definition) is 4. The minimum atomic E-state index is -0.893. The van der Waals surface area contributed by atoms with Crippen LogP contribution in [0.15, 0.2) is 12.2 Å². The molecular weight excluding hydrogens is 248 g/mol. The lowest BCUT2D eigenvalue weighted by atomic mass is 9.83. The highest BCUT2D eigenvalue weighted by atomic mass is 16.6. The molecule has 0 aromatic rings. The number of ether oxygens (including phenoxy) is 2. The van der Waals surface area contributed by atoms with Gasteiger partial charge in [-0.15, -0.1) is 0 Å². The normalized spacial score (nSPS) is 39.7. The minimum Gasteiger partial charge on any atom is -0.481 e. The van der Waals surface area contributed by atoms with Gasteiger partial charge in [-0.05, 0) is 31.1 Å². The number of fused-ring (bicyclic) bond motifs is 2. The van der Waals surface area contributed by atoms with Crippen LogP contribution in [0.2, 0.25) is 0 Å². The number of carbonyl (C=O) groups excluding carboxylic acids is 1. The average molecular weight is 266 g/mol. The molecule has 0 unspecified atom stereocenters. The second-order valence-electron chi connectivity index (χ2n) is 5.60. The number of carbonyl (C=O) groups is 2. The largest absolute Gasteiger partial charge is 0.481 e. The molecule has 0 radical (unpaired) electrons. The van der Waals surface area contributed by atoms with Crippen LogP contribution in [-0.2, 0) is 19.1 Å². The number of allylic oxidation sites excluding steroid dienone is 2. The zero-order valence-electron chi connectivity index (χ0n) is 10.7. The standard InChI is InChI=1S/C14H18O5/c15-13(16)11-8-3-4-9(6-8)12(11)14(17)19-7-10-2-1-5-18-10/h3-4,8-12H,1-2,5-7H2,(H,15,16)/t8-,9-,10+,11+,12+/m0/s1. The van der Waals surface area contributed by atoms with Gasteiger partial charge in [0.05, 0.1) is 17.9 Å². The van der Waals surface area contributed by atoms with Gasteiger partial charge in [0.2, 0.25) is 0 Å². The molecule has 2 fully saturated rings. The van der Waals surface area contributed by atoms with Gasteiger partial charge in [0.25, 0.3) is 0 Å². The van der Waals surface area contributed by atoms with Crippen LogP contribution in [0.4, 0.5) is 0 Å². The second-order valence-corrected chi connectivity index (χ2v) is 5.60. The van der Waals surface area contributed by atoms with Crippen LogP contribution < -0.4 is 0 Å². The molecule has 0 spiro atoms. The lowest BCUT2D eigenvalue weighted by molar-refractivity contribution is -0.160. The molecule has 3 rings (SSSR count). The van der Waals surface area contributed by atoms with E-state index in [0.29, 0.717) is 0 Å². The molecule has 104 valence electrons. The molecule has 1 N–H and O–H groups in total. The summed E-state index contributed by atoms with van der Waals surface area (Å²) in [5.41, 5.74) is 0. The molecule has 1 aliphatic heterocycles. The molecule has 5 nitrogen and oxygen atoms in total. The predicted octanol–water partition coefficient (Wildman–Crippen LogP) is 1.23. The van der Waals surface area contributed by atoms with Crippen molar-refractivity contribution >= 4 is 11.9 Å². The quantitative estimate of drug-likeness (QED) is 0.612. The molecule has 2 aliphatic carbocycles. The number of hydrogen-bond donors (Lipinski definition) is 1. The molecule has 5 atom stereocenters. The summed E-state index contributed by atoms with van der Waals surface area (Å²) in [7, 11) is 0. The lowest BCUT2D eigenvalue weighted by Gasteiger charge is -2.23. The fourth-order valence-corrected chi connectivity index (χ4v) is 3.53. The van der Waals surface area contributed by atoms with Gasteiger partial charge in [-0.2, -0.15) is 0 Å². The maximum absolute atomic E-state index is 12.1. The van der Waals surface area contributed by atoms with Crippen molar-refractivity contribution in [2.45, 2.75) is 25.4 Å². The van der Waals surface area contributed by atoms with E-state index in [9.17, 15) is 14.7 Å². The molecule has 0 amide bonds. The van der Waals surface area contributed by atoms with Gasteiger partial charge in [-0.25, -0.2) is 0 Å². The van der Waals surface area contributed by atoms with E-state index < -0.39 is 17.8 Å². The maximum atomic E-state index is 12.1. The molecule has 5 heteroatoms. The highest BCUT2D eigenvalue weighted by Gasteiger charge is 2.52. The summed E-state index contributed by atoms with van der Waals surface area (Å²) in [6, 6.07) is 0. The fraction of sp³-hybridized carbons (Fsp3) is 0.714. The Morgan fingerprint density at radius 2 is 2.00 bits per heavy atom. The maximum Gasteiger partial charge on any atom is 0.310 e. The van der Waals surface area contributed by atoms with Crippen LogP contribution >= 0.6 is 0 Å². The Bertz CT molecular complexity index is 410. The molecule has 0 aromatic carbocycles. The highest BCUT2D eigenvalue weighted by Crippen LogP contribution is 2.48. The lowest BCUT2D eigenvalue weighted by Crippen LogP contribution is -2.35. The number of aliphatic carboxylic acids is 1.